The lowest BCUT2D eigenvalue weighted by atomic mass is 10.2. The Balaban J connectivity index is 1.43. The highest BCUT2D eigenvalue weighted by Gasteiger charge is 2.27. The fourth-order valence-corrected chi connectivity index (χ4v) is 4.12. The molecular formula is C17H23N5O2S. The molecule has 25 heavy (non-hydrogen) atoms. The summed E-state index contributed by atoms with van der Waals surface area (Å²) in [4.78, 5) is 25.9. The molecule has 134 valence electrons. The first-order valence-corrected chi connectivity index (χ1v) is 9.62. The van der Waals surface area contributed by atoms with Crippen LogP contribution in [0.25, 0.3) is 0 Å². The second-order valence-corrected chi connectivity index (χ2v) is 7.51. The van der Waals surface area contributed by atoms with Gasteiger partial charge in [-0.25, -0.2) is 9.97 Å². The molecule has 2 aromatic heterocycles. The topological polar surface area (TPSA) is 63.5 Å². The van der Waals surface area contributed by atoms with Crippen molar-refractivity contribution in [3.63, 3.8) is 0 Å². The molecule has 2 aromatic rings. The maximum Gasteiger partial charge on any atom is 0.228 e. The van der Waals surface area contributed by atoms with E-state index >= 15 is 0 Å². The molecule has 4 heterocycles. The van der Waals surface area contributed by atoms with Crippen molar-refractivity contribution in [1.82, 2.24) is 24.3 Å². The van der Waals surface area contributed by atoms with Crippen LogP contribution in [0.3, 0.4) is 0 Å². The molecular weight excluding hydrogens is 338 g/mol. The van der Waals surface area contributed by atoms with Gasteiger partial charge in [0.15, 0.2) is 0 Å². The van der Waals surface area contributed by atoms with Crippen molar-refractivity contribution in [2.24, 2.45) is 0 Å². The molecule has 1 fully saturated rings. The minimum Gasteiger partial charge on any atom is -0.378 e. The maximum absolute atomic E-state index is 12.4. The van der Waals surface area contributed by atoms with Crippen LogP contribution in [0.4, 0.5) is 0 Å². The Morgan fingerprint density at radius 3 is 2.92 bits per heavy atom. The van der Waals surface area contributed by atoms with Crippen LogP contribution in [0.1, 0.15) is 29.5 Å². The molecule has 2 aliphatic heterocycles. The molecule has 1 amide bonds. The van der Waals surface area contributed by atoms with Crippen molar-refractivity contribution in [2.75, 3.05) is 32.8 Å². The highest BCUT2D eigenvalue weighted by molar-refractivity contribution is 7.09. The number of amides is 1. The Labute approximate surface area is 151 Å². The third-order valence-corrected chi connectivity index (χ3v) is 5.69. The van der Waals surface area contributed by atoms with Gasteiger partial charge in [0, 0.05) is 44.0 Å². The first kappa shape index (κ1) is 16.7. The predicted octanol–water partition coefficient (Wildman–Crippen LogP) is 1.32. The number of hydrogen-bond donors (Lipinski definition) is 0. The van der Waals surface area contributed by atoms with Crippen molar-refractivity contribution in [2.45, 2.75) is 32.5 Å². The van der Waals surface area contributed by atoms with Gasteiger partial charge in [-0.15, -0.1) is 11.3 Å². The number of imidazole rings is 1. The molecule has 4 rings (SSSR count). The minimum atomic E-state index is 0.144. The molecule has 0 radical (unpaired) electrons. The van der Waals surface area contributed by atoms with E-state index in [1.165, 1.54) is 0 Å². The van der Waals surface area contributed by atoms with E-state index < -0.39 is 0 Å². The standard InChI is InChI=1S/C17H23N5O2S/c1-13-17-19-14(10-16(23)20-5-7-24-8-6-20)11-22(17)4-3-21(13)12-15-18-2-9-25-15/h2,9,11,13H,3-8,10,12H2,1H3. The third kappa shape index (κ3) is 3.61. The van der Waals surface area contributed by atoms with Gasteiger partial charge in [-0.3, -0.25) is 9.69 Å². The Morgan fingerprint density at radius 1 is 1.32 bits per heavy atom. The second kappa shape index (κ2) is 7.23. The molecule has 1 saturated heterocycles. The zero-order valence-corrected chi connectivity index (χ0v) is 15.2. The largest absolute Gasteiger partial charge is 0.378 e. The Morgan fingerprint density at radius 2 is 2.16 bits per heavy atom. The molecule has 1 atom stereocenters. The van der Waals surface area contributed by atoms with Gasteiger partial charge in [0.25, 0.3) is 0 Å². The lowest BCUT2D eigenvalue weighted by molar-refractivity contribution is -0.134. The predicted molar refractivity (Wildman–Crippen MR) is 94.3 cm³/mol. The Kier molecular flexibility index (Phi) is 4.82. The number of aromatic nitrogens is 3. The zero-order chi connectivity index (χ0) is 17.2. The number of hydrogen-bond acceptors (Lipinski definition) is 6. The Bertz CT molecular complexity index is 723. The molecule has 7 nitrogen and oxygen atoms in total. The van der Waals surface area contributed by atoms with Gasteiger partial charge in [0.2, 0.25) is 5.91 Å². The number of morpholine rings is 1. The van der Waals surface area contributed by atoms with Gasteiger partial charge >= 0.3 is 0 Å². The lowest BCUT2D eigenvalue weighted by Crippen LogP contribution is -2.41. The molecule has 1 unspecified atom stereocenters. The monoisotopic (exact) mass is 361 g/mol. The molecule has 0 bridgehead atoms. The van der Waals surface area contributed by atoms with Crippen LogP contribution in [0.5, 0.6) is 0 Å². The van der Waals surface area contributed by atoms with Gasteiger partial charge in [0.05, 0.1) is 37.9 Å². The fraction of sp³-hybridized carbons (Fsp3) is 0.588. The van der Waals surface area contributed by atoms with E-state index in [9.17, 15) is 4.79 Å². The van der Waals surface area contributed by atoms with Crippen molar-refractivity contribution < 1.29 is 9.53 Å². The van der Waals surface area contributed by atoms with E-state index in [1.54, 1.807) is 11.3 Å². The molecule has 0 spiro atoms. The van der Waals surface area contributed by atoms with E-state index in [2.05, 4.69) is 21.4 Å². The summed E-state index contributed by atoms with van der Waals surface area (Å²) in [5.41, 5.74) is 0.870. The van der Waals surface area contributed by atoms with Crippen LogP contribution < -0.4 is 0 Å². The first-order chi connectivity index (χ1) is 12.2. The normalized spacial score (nSPS) is 21.3. The van der Waals surface area contributed by atoms with Crippen LogP contribution in [-0.2, 0) is 29.0 Å². The number of carbonyl (C=O) groups is 1. The molecule has 8 heteroatoms. The third-order valence-electron chi connectivity index (χ3n) is 4.92. The number of nitrogens with zero attached hydrogens (tertiary/aromatic N) is 5. The highest BCUT2D eigenvalue weighted by Crippen LogP contribution is 2.26. The van der Waals surface area contributed by atoms with Crippen molar-refractivity contribution in [3.05, 3.63) is 34.3 Å². The highest BCUT2D eigenvalue weighted by atomic mass is 32.1. The summed E-state index contributed by atoms with van der Waals surface area (Å²) >= 11 is 1.69. The first-order valence-electron chi connectivity index (χ1n) is 8.74. The van der Waals surface area contributed by atoms with Crippen LogP contribution in [-0.4, -0.2) is 63.1 Å². The van der Waals surface area contributed by atoms with E-state index in [0.29, 0.717) is 32.7 Å². The van der Waals surface area contributed by atoms with Gasteiger partial charge in [-0.1, -0.05) is 0 Å². The van der Waals surface area contributed by atoms with Crippen LogP contribution >= 0.6 is 11.3 Å². The minimum absolute atomic E-state index is 0.144. The molecule has 0 N–H and O–H groups in total. The zero-order valence-electron chi connectivity index (χ0n) is 14.4. The van der Waals surface area contributed by atoms with Crippen LogP contribution in [0.15, 0.2) is 17.8 Å². The number of ether oxygens (including phenoxy) is 1. The van der Waals surface area contributed by atoms with E-state index in [4.69, 9.17) is 9.72 Å². The molecule has 0 aromatic carbocycles. The average Bonchev–Trinajstić information content (AvgIpc) is 3.28. The number of carbonyl (C=O) groups excluding carboxylic acids is 1. The Hall–Kier alpha value is -1.77. The number of fused-ring (bicyclic) bond motifs is 1. The van der Waals surface area contributed by atoms with Gasteiger partial charge < -0.3 is 14.2 Å². The summed E-state index contributed by atoms with van der Waals surface area (Å²) in [5, 5.41) is 3.15. The van der Waals surface area contributed by atoms with Crippen LogP contribution in [0.2, 0.25) is 0 Å². The van der Waals surface area contributed by atoms with Gasteiger partial charge in [0.1, 0.15) is 10.8 Å². The van der Waals surface area contributed by atoms with E-state index in [1.807, 2.05) is 22.7 Å². The van der Waals surface area contributed by atoms with Crippen molar-refractivity contribution in [3.8, 4) is 0 Å². The lowest BCUT2D eigenvalue weighted by Gasteiger charge is -2.32. The summed E-state index contributed by atoms with van der Waals surface area (Å²) in [6.45, 7) is 7.55. The van der Waals surface area contributed by atoms with Crippen molar-refractivity contribution >= 4 is 17.2 Å². The van der Waals surface area contributed by atoms with Gasteiger partial charge in [-0.2, -0.15) is 0 Å². The number of thiazole rings is 1. The van der Waals surface area contributed by atoms with Crippen molar-refractivity contribution in [1.29, 1.82) is 0 Å². The van der Waals surface area contributed by atoms with Crippen LogP contribution in [0, 0.1) is 0 Å². The summed E-state index contributed by atoms with van der Waals surface area (Å²) in [5.74, 6) is 1.19. The number of rotatable bonds is 4. The summed E-state index contributed by atoms with van der Waals surface area (Å²) in [7, 11) is 0. The second-order valence-electron chi connectivity index (χ2n) is 6.53. The summed E-state index contributed by atoms with van der Waals surface area (Å²) < 4.78 is 7.51. The maximum atomic E-state index is 12.4. The molecule has 2 aliphatic rings. The van der Waals surface area contributed by atoms with Gasteiger partial charge in [-0.05, 0) is 6.92 Å². The van der Waals surface area contributed by atoms with E-state index in [0.717, 1.165) is 36.2 Å². The molecule has 0 saturated carbocycles. The average molecular weight is 361 g/mol. The summed E-state index contributed by atoms with van der Waals surface area (Å²) in [6.07, 6.45) is 4.27. The summed E-state index contributed by atoms with van der Waals surface area (Å²) in [6, 6.07) is 0.227. The quantitative estimate of drug-likeness (QED) is 0.822. The SMILES string of the molecule is CC1c2nc(CC(=O)N3CCOCC3)cn2CCN1Cc1nccs1. The van der Waals surface area contributed by atoms with E-state index in [-0.39, 0.29) is 11.9 Å². The smallest absolute Gasteiger partial charge is 0.228 e. The molecule has 0 aliphatic carbocycles. The fourth-order valence-electron chi connectivity index (χ4n) is 3.48.